The number of aromatic amines is 1. The van der Waals surface area contributed by atoms with Crippen LogP contribution in [0.1, 0.15) is 34.6 Å². The van der Waals surface area contributed by atoms with E-state index in [1.54, 1.807) is 35.1 Å². The summed E-state index contributed by atoms with van der Waals surface area (Å²) in [7, 11) is 0. The molecule has 0 bridgehead atoms. The van der Waals surface area contributed by atoms with Gasteiger partial charge in [-0.3, -0.25) is 9.78 Å². The summed E-state index contributed by atoms with van der Waals surface area (Å²) < 4.78 is 19.8. The van der Waals surface area contributed by atoms with E-state index >= 15 is 0 Å². The number of carbonyl (C=O) groups excluding carboxylic acids is 1. The monoisotopic (exact) mass is 397 g/mol. The van der Waals surface area contributed by atoms with Crippen molar-refractivity contribution in [3.05, 3.63) is 64.2 Å². The fourth-order valence-electron chi connectivity index (χ4n) is 3.58. The minimum Gasteiger partial charge on any atom is -0.435 e. The molecule has 0 fully saturated rings. The minimum absolute atomic E-state index is 0.0187. The molecule has 0 radical (unpaired) electrons. The summed E-state index contributed by atoms with van der Waals surface area (Å²) in [4.78, 5) is 31.8. The fourth-order valence-corrected chi connectivity index (χ4v) is 4.18. The minimum atomic E-state index is -0.573. The van der Waals surface area contributed by atoms with Gasteiger partial charge in [-0.2, -0.15) is 0 Å². The number of H-pyrrole nitrogens is 1. The van der Waals surface area contributed by atoms with Crippen LogP contribution in [0.15, 0.2) is 40.7 Å². The Morgan fingerprint density at radius 2 is 2.36 bits per heavy atom. The van der Waals surface area contributed by atoms with Gasteiger partial charge in [0.15, 0.2) is 17.4 Å². The second kappa shape index (κ2) is 6.83. The molecule has 4 aromatic rings. The van der Waals surface area contributed by atoms with Crippen molar-refractivity contribution in [1.82, 2.24) is 24.8 Å². The van der Waals surface area contributed by atoms with Crippen molar-refractivity contribution in [2.45, 2.75) is 25.3 Å². The summed E-state index contributed by atoms with van der Waals surface area (Å²) >= 11 is 1.53. The number of hydrogen-bond acceptors (Lipinski definition) is 6. The third kappa shape index (κ3) is 2.88. The van der Waals surface area contributed by atoms with Crippen LogP contribution < -0.4 is 0 Å². The van der Waals surface area contributed by atoms with Gasteiger partial charge in [0.2, 0.25) is 11.8 Å². The van der Waals surface area contributed by atoms with Crippen LogP contribution in [0, 0.1) is 5.82 Å². The Kier molecular flexibility index (Phi) is 4.16. The van der Waals surface area contributed by atoms with Gasteiger partial charge in [0.1, 0.15) is 5.52 Å². The van der Waals surface area contributed by atoms with Crippen LogP contribution in [0.4, 0.5) is 4.39 Å². The molecule has 0 unspecified atom stereocenters. The molecule has 0 spiro atoms. The SMILES string of the molecule is O=C(CCc1cncs1)N1CCc2[nH]cnc2[C@H]1c1nc2cccc(F)c2o1. The average molecular weight is 397 g/mol. The van der Waals surface area contributed by atoms with Gasteiger partial charge >= 0.3 is 0 Å². The van der Waals surface area contributed by atoms with E-state index in [1.165, 1.54) is 17.4 Å². The van der Waals surface area contributed by atoms with Crippen LogP contribution in [0.2, 0.25) is 0 Å². The van der Waals surface area contributed by atoms with E-state index in [2.05, 4.69) is 19.9 Å². The van der Waals surface area contributed by atoms with Gasteiger partial charge < -0.3 is 14.3 Å². The molecule has 1 N–H and O–H groups in total. The Labute approximate surface area is 163 Å². The summed E-state index contributed by atoms with van der Waals surface area (Å²) in [6, 6.07) is 4.03. The van der Waals surface area contributed by atoms with Gasteiger partial charge in [0.05, 0.1) is 17.5 Å². The van der Waals surface area contributed by atoms with Crippen LogP contribution >= 0.6 is 11.3 Å². The largest absolute Gasteiger partial charge is 0.435 e. The molecule has 142 valence electrons. The number of halogens is 1. The maximum absolute atomic E-state index is 14.1. The van der Waals surface area contributed by atoms with Gasteiger partial charge in [-0.15, -0.1) is 11.3 Å². The molecule has 9 heteroatoms. The van der Waals surface area contributed by atoms with Gasteiger partial charge in [-0.1, -0.05) is 6.07 Å². The predicted octanol–water partition coefficient (Wildman–Crippen LogP) is 3.25. The molecule has 0 saturated heterocycles. The van der Waals surface area contributed by atoms with E-state index in [9.17, 15) is 9.18 Å². The Balaban J connectivity index is 1.50. The number of hydrogen-bond donors (Lipinski definition) is 1. The molecule has 1 aliphatic heterocycles. The van der Waals surface area contributed by atoms with Crippen molar-refractivity contribution in [2.24, 2.45) is 0 Å². The predicted molar refractivity (Wildman–Crippen MR) is 100 cm³/mol. The van der Waals surface area contributed by atoms with E-state index in [1.807, 2.05) is 0 Å². The Bertz CT molecular complexity index is 1140. The lowest BCUT2D eigenvalue weighted by molar-refractivity contribution is -0.133. The standard InChI is InChI=1S/C19H16FN5O2S/c20-12-2-1-3-14-18(12)27-19(24-14)17-16-13(22-9-23-16)6-7-25(17)15(26)5-4-11-8-21-10-28-11/h1-3,8-10,17H,4-7H2,(H,22,23)/t17-/m0/s1. The first-order valence-corrected chi connectivity index (χ1v) is 9.82. The number of carbonyl (C=O) groups is 1. The number of oxazole rings is 1. The normalized spacial score (nSPS) is 16.5. The smallest absolute Gasteiger partial charge is 0.224 e. The van der Waals surface area contributed by atoms with Gasteiger partial charge in [0.25, 0.3) is 0 Å². The third-order valence-corrected chi connectivity index (χ3v) is 5.77. The number of thiazole rings is 1. The molecule has 0 aliphatic carbocycles. The first kappa shape index (κ1) is 17.1. The van der Waals surface area contributed by atoms with Crippen molar-refractivity contribution >= 4 is 28.3 Å². The van der Waals surface area contributed by atoms with Crippen LogP contribution in [0.5, 0.6) is 0 Å². The zero-order valence-electron chi connectivity index (χ0n) is 14.8. The molecule has 3 aromatic heterocycles. The van der Waals surface area contributed by atoms with Crippen molar-refractivity contribution in [2.75, 3.05) is 6.54 Å². The highest BCUT2D eigenvalue weighted by molar-refractivity contribution is 7.09. The van der Waals surface area contributed by atoms with E-state index < -0.39 is 11.9 Å². The van der Waals surface area contributed by atoms with Crippen molar-refractivity contribution in [3.8, 4) is 0 Å². The highest BCUT2D eigenvalue weighted by Gasteiger charge is 2.37. The van der Waals surface area contributed by atoms with E-state index in [0.717, 1.165) is 10.6 Å². The highest BCUT2D eigenvalue weighted by Crippen LogP contribution is 2.35. The molecule has 1 atom stereocenters. The lowest BCUT2D eigenvalue weighted by Crippen LogP contribution is -2.41. The molecule has 1 aromatic carbocycles. The summed E-state index contributed by atoms with van der Waals surface area (Å²) in [6.07, 6.45) is 5.04. The molecule has 4 heterocycles. The number of benzene rings is 1. The summed E-state index contributed by atoms with van der Waals surface area (Å²) in [5.41, 5.74) is 3.92. The van der Waals surface area contributed by atoms with Crippen molar-refractivity contribution in [3.63, 3.8) is 0 Å². The molecular weight excluding hydrogens is 381 g/mol. The van der Waals surface area contributed by atoms with Crippen molar-refractivity contribution < 1.29 is 13.6 Å². The lowest BCUT2D eigenvalue weighted by atomic mass is 10.0. The number of imidazole rings is 1. The molecule has 28 heavy (non-hydrogen) atoms. The zero-order valence-corrected chi connectivity index (χ0v) is 15.6. The van der Waals surface area contributed by atoms with Crippen LogP contribution in [-0.4, -0.2) is 37.3 Å². The number of para-hydroxylation sites is 1. The van der Waals surface area contributed by atoms with Gasteiger partial charge in [-0.05, 0) is 18.6 Å². The number of nitrogens with zero attached hydrogens (tertiary/aromatic N) is 4. The van der Waals surface area contributed by atoms with E-state index in [0.29, 0.717) is 37.0 Å². The van der Waals surface area contributed by atoms with Crippen LogP contribution in [-0.2, 0) is 17.6 Å². The Morgan fingerprint density at radius 3 is 3.18 bits per heavy atom. The van der Waals surface area contributed by atoms with Gasteiger partial charge in [-0.25, -0.2) is 14.4 Å². The summed E-state index contributed by atoms with van der Waals surface area (Å²) in [5.74, 6) is -0.216. The lowest BCUT2D eigenvalue weighted by Gasteiger charge is -2.33. The number of rotatable bonds is 4. The highest BCUT2D eigenvalue weighted by atomic mass is 32.1. The second-order valence-corrected chi connectivity index (χ2v) is 7.58. The summed E-state index contributed by atoms with van der Waals surface area (Å²) in [5, 5.41) is 0. The molecule has 5 rings (SSSR count). The first-order chi connectivity index (χ1) is 13.7. The molecule has 0 saturated carbocycles. The van der Waals surface area contributed by atoms with Crippen LogP contribution in [0.25, 0.3) is 11.1 Å². The number of amides is 1. The first-order valence-electron chi connectivity index (χ1n) is 8.94. The number of nitrogens with one attached hydrogen (secondary N) is 1. The number of aromatic nitrogens is 4. The molecule has 1 aliphatic rings. The molecule has 7 nitrogen and oxygen atoms in total. The number of aryl methyl sites for hydroxylation is 1. The van der Waals surface area contributed by atoms with E-state index in [-0.39, 0.29) is 17.4 Å². The molecule has 1 amide bonds. The topological polar surface area (TPSA) is 87.9 Å². The fraction of sp³-hybridized carbons (Fsp3) is 0.263. The zero-order chi connectivity index (χ0) is 19.1. The maximum atomic E-state index is 14.1. The second-order valence-electron chi connectivity index (χ2n) is 6.61. The van der Waals surface area contributed by atoms with Crippen LogP contribution in [0.3, 0.4) is 0 Å². The number of fused-ring (bicyclic) bond motifs is 2. The summed E-state index contributed by atoms with van der Waals surface area (Å²) in [6.45, 7) is 0.516. The Morgan fingerprint density at radius 1 is 1.43 bits per heavy atom. The van der Waals surface area contributed by atoms with Gasteiger partial charge in [0, 0.05) is 36.2 Å². The van der Waals surface area contributed by atoms with E-state index in [4.69, 9.17) is 4.42 Å². The Hall–Kier alpha value is -3.07. The average Bonchev–Trinajstić information content (AvgIpc) is 3.45. The quantitative estimate of drug-likeness (QED) is 0.571. The molecular formula is C19H16FN5O2S. The third-order valence-electron chi connectivity index (χ3n) is 4.93. The van der Waals surface area contributed by atoms with Crippen molar-refractivity contribution in [1.29, 1.82) is 0 Å². The maximum Gasteiger partial charge on any atom is 0.224 e.